The summed E-state index contributed by atoms with van der Waals surface area (Å²) in [5.41, 5.74) is 2.28. The van der Waals surface area contributed by atoms with Crippen LogP contribution in [0.15, 0.2) is 43.5 Å². The van der Waals surface area contributed by atoms with Gasteiger partial charge in [0.05, 0.1) is 11.3 Å². The maximum atomic E-state index is 12.6. The van der Waals surface area contributed by atoms with Crippen molar-refractivity contribution < 1.29 is 9.53 Å². The monoisotopic (exact) mass is 341 g/mol. The van der Waals surface area contributed by atoms with Gasteiger partial charge >= 0.3 is 5.97 Å². The standard InChI is InChI=1S/C18H23N5O2/c1-3-11-25-18(24)16-12-15(23-13-19-20-14-23)5-6-17(16)22-9-7-21(4-2)8-10-22/h3,5-6,12-14H,1,4,7-11H2,2H3. The quantitative estimate of drug-likeness (QED) is 0.589. The van der Waals surface area contributed by atoms with Crippen molar-refractivity contribution >= 4 is 11.7 Å². The highest BCUT2D eigenvalue weighted by Crippen LogP contribution is 2.26. The van der Waals surface area contributed by atoms with E-state index in [4.69, 9.17) is 4.74 Å². The van der Waals surface area contributed by atoms with Crippen molar-refractivity contribution in [2.45, 2.75) is 6.92 Å². The summed E-state index contributed by atoms with van der Waals surface area (Å²) in [6.45, 7) is 10.8. The van der Waals surface area contributed by atoms with E-state index in [-0.39, 0.29) is 12.6 Å². The van der Waals surface area contributed by atoms with E-state index < -0.39 is 0 Å². The van der Waals surface area contributed by atoms with Gasteiger partial charge in [0.15, 0.2) is 0 Å². The third-order valence-corrected chi connectivity index (χ3v) is 4.41. The van der Waals surface area contributed by atoms with Crippen LogP contribution in [0.3, 0.4) is 0 Å². The zero-order chi connectivity index (χ0) is 17.6. The molecule has 0 atom stereocenters. The molecule has 0 amide bonds. The van der Waals surface area contributed by atoms with Gasteiger partial charge in [0.2, 0.25) is 0 Å². The number of hydrogen-bond donors (Lipinski definition) is 0. The lowest BCUT2D eigenvalue weighted by Gasteiger charge is -2.36. The van der Waals surface area contributed by atoms with E-state index in [1.807, 2.05) is 18.2 Å². The zero-order valence-electron chi connectivity index (χ0n) is 14.5. The van der Waals surface area contributed by atoms with Crippen LogP contribution in [0.4, 0.5) is 5.69 Å². The Morgan fingerprint density at radius 3 is 2.60 bits per heavy atom. The van der Waals surface area contributed by atoms with Crippen LogP contribution in [-0.2, 0) is 4.74 Å². The second-order valence-electron chi connectivity index (χ2n) is 5.88. The number of likely N-dealkylation sites (N-methyl/N-ethyl adjacent to an activating group) is 1. The molecule has 1 aromatic heterocycles. The number of anilines is 1. The predicted molar refractivity (Wildman–Crippen MR) is 96.2 cm³/mol. The Labute approximate surface area is 147 Å². The fraction of sp³-hybridized carbons (Fsp3) is 0.389. The molecule has 3 rings (SSSR count). The van der Waals surface area contributed by atoms with Crippen LogP contribution < -0.4 is 4.90 Å². The van der Waals surface area contributed by atoms with Crippen molar-refractivity contribution in [3.63, 3.8) is 0 Å². The van der Waals surface area contributed by atoms with Gasteiger partial charge in [-0.1, -0.05) is 19.6 Å². The maximum Gasteiger partial charge on any atom is 0.340 e. The van der Waals surface area contributed by atoms with E-state index in [0.29, 0.717) is 5.56 Å². The number of carbonyl (C=O) groups excluding carboxylic acids is 1. The molecule has 1 fully saturated rings. The molecule has 0 N–H and O–H groups in total. The first-order valence-electron chi connectivity index (χ1n) is 8.47. The average Bonchev–Trinajstić information content (AvgIpc) is 3.20. The second kappa shape index (κ2) is 7.94. The first-order chi connectivity index (χ1) is 12.2. The Kier molecular flexibility index (Phi) is 5.45. The van der Waals surface area contributed by atoms with Gasteiger partial charge < -0.3 is 14.5 Å². The van der Waals surface area contributed by atoms with Gasteiger partial charge in [-0.15, -0.1) is 10.2 Å². The normalized spacial score (nSPS) is 15.2. The van der Waals surface area contributed by atoms with Crippen molar-refractivity contribution in [1.29, 1.82) is 0 Å². The van der Waals surface area contributed by atoms with Gasteiger partial charge in [0.1, 0.15) is 19.3 Å². The predicted octanol–water partition coefficient (Wildman–Crippen LogP) is 1.75. The maximum absolute atomic E-state index is 12.6. The SMILES string of the molecule is C=CCOC(=O)c1cc(-n2cnnc2)ccc1N1CCN(CC)CC1. The van der Waals surface area contributed by atoms with Gasteiger partial charge in [-0.05, 0) is 24.7 Å². The summed E-state index contributed by atoms with van der Waals surface area (Å²) in [7, 11) is 0. The van der Waals surface area contributed by atoms with Crippen molar-refractivity contribution in [2.75, 3.05) is 44.2 Å². The number of esters is 1. The number of nitrogens with zero attached hydrogens (tertiary/aromatic N) is 5. The molecule has 1 aromatic carbocycles. The van der Waals surface area contributed by atoms with Gasteiger partial charge in [0, 0.05) is 31.9 Å². The third kappa shape index (κ3) is 3.88. The lowest BCUT2D eigenvalue weighted by Crippen LogP contribution is -2.46. The van der Waals surface area contributed by atoms with Crippen LogP contribution in [0.25, 0.3) is 5.69 Å². The molecule has 0 bridgehead atoms. The lowest BCUT2D eigenvalue weighted by atomic mass is 10.1. The van der Waals surface area contributed by atoms with Gasteiger partial charge in [0.25, 0.3) is 0 Å². The highest BCUT2D eigenvalue weighted by Gasteiger charge is 2.22. The van der Waals surface area contributed by atoms with E-state index in [0.717, 1.165) is 44.1 Å². The molecule has 0 saturated carbocycles. The summed E-state index contributed by atoms with van der Waals surface area (Å²) < 4.78 is 7.06. The molecule has 0 spiro atoms. The lowest BCUT2D eigenvalue weighted by molar-refractivity contribution is 0.0550. The molecular formula is C18H23N5O2. The largest absolute Gasteiger partial charge is 0.458 e. The van der Waals surface area contributed by atoms with Gasteiger partial charge in [-0.2, -0.15) is 0 Å². The first-order valence-corrected chi connectivity index (χ1v) is 8.47. The van der Waals surface area contributed by atoms with Gasteiger partial charge in [-0.3, -0.25) is 4.57 Å². The molecule has 0 unspecified atom stereocenters. The number of hydrogen-bond acceptors (Lipinski definition) is 6. The van der Waals surface area contributed by atoms with Crippen LogP contribution in [0.2, 0.25) is 0 Å². The van der Waals surface area contributed by atoms with Crippen molar-refractivity contribution in [2.24, 2.45) is 0 Å². The molecule has 1 aliphatic heterocycles. The van der Waals surface area contributed by atoms with Crippen LogP contribution in [0.1, 0.15) is 17.3 Å². The summed E-state index contributed by atoms with van der Waals surface area (Å²) in [5.74, 6) is -0.345. The summed E-state index contributed by atoms with van der Waals surface area (Å²) in [6.07, 6.45) is 4.78. The van der Waals surface area contributed by atoms with Crippen molar-refractivity contribution in [3.05, 3.63) is 49.1 Å². The third-order valence-electron chi connectivity index (χ3n) is 4.41. The minimum atomic E-state index is -0.345. The van der Waals surface area contributed by atoms with E-state index in [9.17, 15) is 4.79 Å². The summed E-state index contributed by atoms with van der Waals surface area (Å²) in [5, 5.41) is 7.64. The Hall–Kier alpha value is -2.67. The fourth-order valence-corrected chi connectivity index (χ4v) is 2.98. The highest BCUT2D eigenvalue weighted by molar-refractivity contribution is 5.96. The number of rotatable bonds is 6. The molecule has 7 nitrogen and oxygen atoms in total. The van der Waals surface area contributed by atoms with E-state index >= 15 is 0 Å². The van der Waals surface area contributed by atoms with E-state index in [1.165, 1.54) is 0 Å². The van der Waals surface area contributed by atoms with Crippen LogP contribution in [-0.4, -0.2) is 65.0 Å². The summed E-state index contributed by atoms with van der Waals surface area (Å²) in [6, 6.07) is 5.77. The molecule has 25 heavy (non-hydrogen) atoms. The second-order valence-corrected chi connectivity index (χ2v) is 5.88. The van der Waals surface area contributed by atoms with Crippen LogP contribution in [0, 0.1) is 0 Å². The van der Waals surface area contributed by atoms with Gasteiger partial charge in [-0.25, -0.2) is 4.79 Å². The Balaban J connectivity index is 1.90. The number of benzene rings is 1. The molecule has 0 radical (unpaired) electrons. The van der Waals surface area contributed by atoms with Crippen molar-refractivity contribution in [1.82, 2.24) is 19.7 Å². The first kappa shape index (κ1) is 17.2. The Morgan fingerprint density at radius 1 is 1.24 bits per heavy atom. The molecule has 1 aliphatic rings. The molecule has 0 aliphatic carbocycles. The molecule has 7 heteroatoms. The van der Waals surface area contributed by atoms with Crippen molar-refractivity contribution in [3.8, 4) is 5.69 Å². The molecule has 2 aromatic rings. The number of ether oxygens (including phenoxy) is 1. The molecular weight excluding hydrogens is 318 g/mol. The average molecular weight is 341 g/mol. The summed E-state index contributed by atoms with van der Waals surface area (Å²) >= 11 is 0. The van der Waals surface area contributed by atoms with Crippen LogP contribution >= 0.6 is 0 Å². The number of carbonyl (C=O) groups is 1. The highest BCUT2D eigenvalue weighted by atomic mass is 16.5. The Morgan fingerprint density at radius 2 is 1.96 bits per heavy atom. The summed E-state index contributed by atoms with van der Waals surface area (Å²) in [4.78, 5) is 17.2. The fourth-order valence-electron chi connectivity index (χ4n) is 2.98. The minimum absolute atomic E-state index is 0.193. The molecule has 2 heterocycles. The zero-order valence-corrected chi connectivity index (χ0v) is 14.5. The number of aromatic nitrogens is 3. The number of piperazine rings is 1. The molecule has 1 saturated heterocycles. The van der Waals surface area contributed by atoms with E-state index in [1.54, 1.807) is 23.3 Å². The van der Waals surface area contributed by atoms with E-state index in [2.05, 4.69) is 33.5 Å². The minimum Gasteiger partial charge on any atom is -0.458 e. The Bertz CT molecular complexity index is 721. The molecule has 132 valence electrons. The smallest absolute Gasteiger partial charge is 0.340 e. The van der Waals surface area contributed by atoms with Crippen LogP contribution in [0.5, 0.6) is 0 Å². The topological polar surface area (TPSA) is 63.5 Å².